The second-order valence-electron chi connectivity index (χ2n) is 5.62. The third kappa shape index (κ3) is 4.32. The number of nitrogens with zero attached hydrogens (tertiary/aromatic N) is 2. The lowest BCUT2D eigenvalue weighted by Gasteiger charge is -2.08. The third-order valence-corrected chi connectivity index (χ3v) is 3.72. The van der Waals surface area contributed by atoms with Crippen LogP contribution in [0.2, 0.25) is 0 Å². The zero-order chi connectivity index (χ0) is 18.4. The van der Waals surface area contributed by atoms with E-state index in [9.17, 15) is 14.4 Å². The Labute approximate surface area is 149 Å². The Balaban J connectivity index is 1.52. The number of para-hydroxylation sites is 1. The van der Waals surface area contributed by atoms with Crippen LogP contribution in [0.1, 0.15) is 5.56 Å². The fourth-order valence-corrected chi connectivity index (χ4v) is 2.39. The number of carbonyl (C=O) groups is 2. The van der Waals surface area contributed by atoms with Crippen molar-refractivity contribution in [3.63, 3.8) is 0 Å². The fourth-order valence-electron chi connectivity index (χ4n) is 2.39. The number of carbonyl (C=O) groups excluding carboxylic acids is 2. The van der Waals surface area contributed by atoms with Crippen LogP contribution in [-0.4, -0.2) is 28.0 Å². The minimum atomic E-state index is -0.550. The molecule has 1 aromatic heterocycles. The van der Waals surface area contributed by atoms with E-state index >= 15 is 0 Å². The quantitative estimate of drug-likeness (QED) is 0.675. The lowest BCUT2D eigenvalue weighted by molar-refractivity contribution is -0.145. The number of rotatable bonds is 6. The summed E-state index contributed by atoms with van der Waals surface area (Å²) in [4.78, 5) is 40.1. The molecule has 1 N–H and O–H groups in total. The predicted octanol–water partition coefficient (Wildman–Crippen LogP) is 1.26. The van der Waals surface area contributed by atoms with Crippen molar-refractivity contribution in [2.24, 2.45) is 0 Å². The van der Waals surface area contributed by atoms with Crippen LogP contribution in [0.25, 0.3) is 10.9 Å². The van der Waals surface area contributed by atoms with Crippen LogP contribution in [-0.2, 0) is 27.5 Å². The van der Waals surface area contributed by atoms with Crippen molar-refractivity contribution in [2.45, 2.75) is 13.2 Å². The monoisotopic (exact) mass is 351 g/mol. The van der Waals surface area contributed by atoms with E-state index in [-0.39, 0.29) is 25.3 Å². The summed E-state index contributed by atoms with van der Waals surface area (Å²) in [5.41, 5.74) is 1.12. The van der Waals surface area contributed by atoms with Crippen LogP contribution in [0, 0.1) is 0 Å². The van der Waals surface area contributed by atoms with Crippen molar-refractivity contribution < 1.29 is 14.3 Å². The molecule has 0 saturated carbocycles. The molecule has 0 unspecified atom stereocenters. The SMILES string of the molecule is O=C(Cn1cnc2ccccc2c1=O)NCC(=O)OCc1ccccc1. The Bertz CT molecular complexity index is 983. The molecular formula is C19H17N3O4. The van der Waals surface area contributed by atoms with Crippen LogP contribution in [0.5, 0.6) is 0 Å². The van der Waals surface area contributed by atoms with E-state index < -0.39 is 11.9 Å². The van der Waals surface area contributed by atoms with Crippen molar-refractivity contribution >= 4 is 22.8 Å². The summed E-state index contributed by atoms with van der Waals surface area (Å²) in [6, 6.07) is 16.1. The second kappa shape index (κ2) is 8.06. The largest absolute Gasteiger partial charge is 0.460 e. The average Bonchev–Trinajstić information content (AvgIpc) is 2.68. The summed E-state index contributed by atoms with van der Waals surface area (Å²) in [6.45, 7) is -0.340. The molecule has 1 heterocycles. The molecule has 0 radical (unpaired) electrons. The highest BCUT2D eigenvalue weighted by Crippen LogP contribution is 2.04. The van der Waals surface area contributed by atoms with Gasteiger partial charge in [-0.15, -0.1) is 0 Å². The highest BCUT2D eigenvalue weighted by atomic mass is 16.5. The van der Waals surface area contributed by atoms with Gasteiger partial charge in [0.2, 0.25) is 5.91 Å². The molecular weight excluding hydrogens is 334 g/mol. The van der Waals surface area contributed by atoms with Gasteiger partial charge < -0.3 is 10.1 Å². The molecule has 7 heteroatoms. The van der Waals surface area contributed by atoms with Gasteiger partial charge in [0.25, 0.3) is 5.56 Å². The highest BCUT2D eigenvalue weighted by Gasteiger charge is 2.10. The van der Waals surface area contributed by atoms with Gasteiger partial charge in [-0.2, -0.15) is 0 Å². The van der Waals surface area contributed by atoms with Gasteiger partial charge in [0, 0.05) is 0 Å². The van der Waals surface area contributed by atoms with E-state index in [1.807, 2.05) is 30.3 Å². The molecule has 2 aromatic carbocycles. The molecule has 0 saturated heterocycles. The maximum Gasteiger partial charge on any atom is 0.325 e. The van der Waals surface area contributed by atoms with Gasteiger partial charge in [-0.05, 0) is 17.7 Å². The number of aromatic nitrogens is 2. The van der Waals surface area contributed by atoms with E-state index in [0.29, 0.717) is 10.9 Å². The number of benzene rings is 2. The van der Waals surface area contributed by atoms with Gasteiger partial charge >= 0.3 is 5.97 Å². The summed E-state index contributed by atoms with van der Waals surface area (Å²) in [7, 11) is 0. The first kappa shape index (κ1) is 17.3. The van der Waals surface area contributed by atoms with Gasteiger partial charge in [0.1, 0.15) is 19.7 Å². The molecule has 1 amide bonds. The van der Waals surface area contributed by atoms with Crippen molar-refractivity contribution in [3.05, 3.63) is 76.8 Å². The van der Waals surface area contributed by atoms with Crippen molar-refractivity contribution in [1.82, 2.24) is 14.9 Å². The van der Waals surface area contributed by atoms with Crippen LogP contribution in [0.4, 0.5) is 0 Å². The topological polar surface area (TPSA) is 90.3 Å². The molecule has 0 atom stereocenters. The summed E-state index contributed by atoms with van der Waals surface area (Å²) in [5, 5.41) is 2.88. The molecule has 0 aliphatic heterocycles. The number of hydrogen-bond donors (Lipinski definition) is 1. The molecule has 7 nitrogen and oxygen atoms in total. The van der Waals surface area contributed by atoms with E-state index in [1.165, 1.54) is 10.9 Å². The van der Waals surface area contributed by atoms with Crippen LogP contribution in [0.3, 0.4) is 0 Å². The number of amides is 1. The maximum atomic E-state index is 12.3. The predicted molar refractivity (Wildman–Crippen MR) is 95.3 cm³/mol. The summed E-state index contributed by atoms with van der Waals surface area (Å²) >= 11 is 0. The van der Waals surface area contributed by atoms with E-state index in [0.717, 1.165) is 5.56 Å². The normalized spacial score (nSPS) is 10.5. The Kier molecular flexibility index (Phi) is 5.38. The van der Waals surface area contributed by atoms with Gasteiger partial charge in [-0.1, -0.05) is 42.5 Å². The zero-order valence-electron chi connectivity index (χ0n) is 13.9. The number of esters is 1. The van der Waals surface area contributed by atoms with E-state index in [2.05, 4.69) is 10.3 Å². The molecule has 26 heavy (non-hydrogen) atoms. The van der Waals surface area contributed by atoms with Gasteiger partial charge in [-0.3, -0.25) is 19.0 Å². The summed E-state index contributed by atoms with van der Waals surface area (Å²) < 4.78 is 6.28. The van der Waals surface area contributed by atoms with Crippen molar-refractivity contribution in [1.29, 1.82) is 0 Å². The van der Waals surface area contributed by atoms with E-state index in [4.69, 9.17) is 4.74 Å². The number of nitrogens with one attached hydrogen (secondary N) is 1. The molecule has 0 bridgehead atoms. The Morgan fingerprint density at radius 2 is 1.77 bits per heavy atom. The smallest absolute Gasteiger partial charge is 0.325 e. The minimum absolute atomic E-state index is 0.142. The lowest BCUT2D eigenvalue weighted by Crippen LogP contribution is -2.35. The molecule has 0 fully saturated rings. The van der Waals surface area contributed by atoms with Crippen LogP contribution < -0.4 is 10.9 Å². The lowest BCUT2D eigenvalue weighted by atomic mass is 10.2. The molecule has 0 spiro atoms. The molecule has 0 aliphatic carbocycles. The first-order chi connectivity index (χ1) is 12.6. The van der Waals surface area contributed by atoms with Crippen LogP contribution >= 0.6 is 0 Å². The maximum absolute atomic E-state index is 12.3. The van der Waals surface area contributed by atoms with Crippen LogP contribution in [0.15, 0.2) is 65.7 Å². The second-order valence-corrected chi connectivity index (χ2v) is 5.62. The van der Waals surface area contributed by atoms with Gasteiger partial charge in [-0.25, -0.2) is 4.98 Å². The number of hydrogen-bond acceptors (Lipinski definition) is 5. The molecule has 132 valence electrons. The minimum Gasteiger partial charge on any atom is -0.460 e. The fraction of sp³-hybridized carbons (Fsp3) is 0.158. The summed E-state index contributed by atoms with van der Waals surface area (Å²) in [6.07, 6.45) is 1.32. The third-order valence-electron chi connectivity index (χ3n) is 3.72. The number of fused-ring (bicyclic) bond motifs is 1. The van der Waals surface area contributed by atoms with E-state index in [1.54, 1.807) is 24.3 Å². The summed E-state index contributed by atoms with van der Waals surface area (Å²) in [5.74, 6) is -1.02. The zero-order valence-corrected chi connectivity index (χ0v) is 13.9. The molecule has 0 aliphatic rings. The Morgan fingerprint density at radius 1 is 1.04 bits per heavy atom. The standard InChI is InChI=1S/C19H17N3O4/c23-17(20-10-18(24)26-12-14-6-2-1-3-7-14)11-22-13-21-16-9-5-4-8-15(16)19(22)25/h1-9,13H,10-12H2,(H,20,23). The highest BCUT2D eigenvalue weighted by molar-refractivity contribution is 5.82. The average molecular weight is 351 g/mol. The molecule has 3 aromatic rings. The van der Waals surface area contributed by atoms with Crippen molar-refractivity contribution in [2.75, 3.05) is 6.54 Å². The molecule has 3 rings (SSSR count). The first-order valence-corrected chi connectivity index (χ1v) is 8.04. The number of ether oxygens (including phenoxy) is 1. The van der Waals surface area contributed by atoms with Crippen molar-refractivity contribution in [3.8, 4) is 0 Å². The van der Waals surface area contributed by atoms with Gasteiger partial charge in [0.05, 0.1) is 17.2 Å². The Morgan fingerprint density at radius 3 is 2.58 bits per heavy atom. The van der Waals surface area contributed by atoms with Gasteiger partial charge in [0.15, 0.2) is 0 Å². The Hall–Kier alpha value is -3.48. The first-order valence-electron chi connectivity index (χ1n) is 8.04.